The van der Waals surface area contributed by atoms with Gasteiger partial charge < -0.3 is 8.85 Å². The standard InChI is InChI=1S/C10H26O2Si2/c1-10(2)12-14(6,7)9-8-13(4,5)11-3/h10H,8-9H2,1-7H3. The van der Waals surface area contributed by atoms with Crippen molar-refractivity contribution >= 4 is 16.6 Å². The highest BCUT2D eigenvalue weighted by molar-refractivity contribution is 6.76. The first-order valence-electron chi connectivity index (χ1n) is 5.41. The van der Waals surface area contributed by atoms with Gasteiger partial charge in [-0.1, -0.05) is 0 Å². The number of rotatable bonds is 6. The van der Waals surface area contributed by atoms with Crippen LogP contribution in [0.4, 0.5) is 0 Å². The fourth-order valence-corrected chi connectivity index (χ4v) is 7.82. The van der Waals surface area contributed by atoms with Gasteiger partial charge in [0.05, 0.1) is 0 Å². The third kappa shape index (κ3) is 6.76. The summed E-state index contributed by atoms with van der Waals surface area (Å²) in [6.07, 6.45) is 0.365. The van der Waals surface area contributed by atoms with Gasteiger partial charge in [0.2, 0.25) is 0 Å². The molecule has 0 heterocycles. The van der Waals surface area contributed by atoms with Crippen LogP contribution in [0.1, 0.15) is 13.8 Å². The summed E-state index contributed by atoms with van der Waals surface area (Å²) in [5.74, 6) is 0. The van der Waals surface area contributed by atoms with Crippen LogP contribution in [0.25, 0.3) is 0 Å². The van der Waals surface area contributed by atoms with Gasteiger partial charge in [0, 0.05) is 13.2 Å². The average molecular weight is 234 g/mol. The molecule has 0 aromatic heterocycles. The summed E-state index contributed by atoms with van der Waals surface area (Å²) in [4.78, 5) is 0. The summed E-state index contributed by atoms with van der Waals surface area (Å²) < 4.78 is 11.5. The summed E-state index contributed by atoms with van der Waals surface area (Å²) >= 11 is 0. The molecule has 0 unspecified atom stereocenters. The second-order valence-corrected chi connectivity index (χ2v) is 14.1. The molecule has 0 aliphatic rings. The molecule has 0 rings (SSSR count). The zero-order chi connectivity index (χ0) is 11.4. The van der Waals surface area contributed by atoms with E-state index in [0.717, 1.165) is 0 Å². The van der Waals surface area contributed by atoms with E-state index >= 15 is 0 Å². The minimum atomic E-state index is -1.44. The molecule has 0 aromatic rings. The Morgan fingerprint density at radius 1 is 0.929 bits per heavy atom. The van der Waals surface area contributed by atoms with Gasteiger partial charge in [0.25, 0.3) is 0 Å². The van der Waals surface area contributed by atoms with Crippen LogP contribution in [-0.4, -0.2) is 29.8 Å². The highest BCUT2D eigenvalue weighted by Gasteiger charge is 2.29. The molecule has 0 saturated carbocycles. The molecule has 0 radical (unpaired) electrons. The highest BCUT2D eigenvalue weighted by Crippen LogP contribution is 2.22. The molecule has 14 heavy (non-hydrogen) atoms. The van der Waals surface area contributed by atoms with Crippen molar-refractivity contribution in [1.82, 2.24) is 0 Å². The van der Waals surface area contributed by atoms with E-state index < -0.39 is 16.6 Å². The maximum Gasteiger partial charge on any atom is 0.186 e. The highest BCUT2D eigenvalue weighted by atomic mass is 28.4. The lowest BCUT2D eigenvalue weighted by Crippen LogP contribution is -2.37. The zero-order valence-electron chi connectivity index (χ0n) is 10.8. The zero-order valence-corrected chi connectivity index (χ0v) is 12.8. The van der Waals surface area contributed by atoms with E-state index in [0.29, 0.717) is 6.10 Å². The Hall–Kier alpha value is 0.354. The monoisotopic (exact) mass is 234 g/mol. The van der Waals surface area contributed by atoms with Gasteiger partial charge in [-0.3, -0.25) is 0 Å². The number of hydrogen-bond acceptors (Lipinski definition) is 2. The third-order valence-corrected chi connectivity index (χ3v) is 8.06. The van der Waals surface area contributed by atoms with E-state index in [4.69, 9.17) is 8.85 Å². The van der Waals surface area contributed by atoms with E-state index in [2.05, 4.69) is 40.0 Å². The molecule has 0 spiro atoms. The molecular formula is C10H26O2Si2. The first-order valence-corrected chi connectivity index (χ1v) is 11.6. The summed E-state index contributed by atoms with van der Waals surface area (Å²) in [6, 6.07) is 2.44. The molecule has 2 nitrogen and oxygen atoms in total. The summed E-state index contributed by atoms with van der Waals surface area (Å²) in [6.45, 7) is 13.4. The molecule has 0 bridgehead atoms. The van der Waals surface area contributed by atoms with Crippen LogP contribution < -0.4 is 0 Å². The summed E-state index contributed by atoms with van der Waals surface area (Å²) in [5, 5.41) is 0. The van der Waals surface area contributed by atoms with E-state index in [1.54, 1.807) is 0 Å². The third-order valence-electron chi connectivity index (χ3n) is 2.44. The summed E-state index contributed by atoms with van der Waals surface area (Å²) in [7, 11) is -0.984. The fraction of sp³-hybridized carbons (Fsp3) is 1.00. The van der Waals surface area contributed by atoms with Crippen LogP contribution in [0, 0.1) is 0 Å². The van der Waals surface area contributed by atoms with E-state index in [1.165, 1.54) is 12.1 Å². The van der Waals surface area contributed by atoms with E-state index in [-0.39, 0.29) is 0 Å². The lowest BCUT2D eigenvalue weighted by atomic mass is 10.5. The smallest absolute Gasteiger partial charge is 0.186 e. The van der Waals surface area contributed by atoms with E-state index in [9.17, 15) is 0 Å². The van der Waals surface area contributed by atoms with E-state index in [1.807, 2.05) is 7.11 Å². The van der Waals surface area contributed by atoms with Crippen molar-refractivity contribution < 1.29 is 8.85 Å². The van der Waals surface area contributed by atoms with Crippen LogP contribution >= 0.6 is 0 Å². The predicted octanol–water partition coefficient (Wildman–Crippen LogP) is 3.47. The van der Waals surface area contributed by atoms with Gasteiger partial charge >= 0.3 is 0 Å². The second kappa shape index (κ2) is 5.44. The molecule has 0 aliphatic heterocycles. The Kier molecular flexibility index (Phi) is 5.58. The van der Waals surface area contributed by atoms with Crippen molar-refractivity contribution in [3.8, 4) is 0 Å². The van der Waals surface area contributed by atoms with Crippen LogP contribution in [0.3, 0.4) is 0 Å². The Morgan fingerprint density at radius 3 is 1.71 bits per heavy atom. The van der Waals surface area contributed by atoms with Gasteiger partial charge in [-0.05, 0) is 52.1 Å². The van der Waals surface area contributed by atoms with Gasteiger partial charge in [-0.25, -0.2) is 0 Å². The van der Waals surface area contributed by atoms with Gasteiger partial charge in [0.1, 0.15) is 0 Å². The van der Waals surface area contributed by atoms with Crippen molar-refractivity contribution in [3.63, 3.8) is 0 Å². The lowest BCUT2D eigenvalue weighted by Gasteiger charge is -2.29. The van der Waals surface area contributed by atoms with Crippen LogP contribution in [-0.2, 0) is 8.85 Å². The molecule has 0 fully saturated rings. The first-order chi connectivity index (χ1) is 6.18. The molecule has 86 valence electrons. The van der Waals surface area contributed by atoms with Crippen LogP contribution in [0.2, 0.25) is 38.3 Å². The molecule has 0 aromatic carbocycles. The summed E-state index contributed by atoms with van der Waals surface area (Å²) in [5.41, 5.74) is 0. The first kappa shape index (κ1) is 14.4. The van der Waals surface area contributed by atoms with Crippen molar-refractivity contribution in [2.45, 2.75) is 58.2 Å². The van der Waals surface area contributed by atoms with Crippen molar-refractivity contribution in [2.75, 3.05) is 7.11 Å². The van der Waals surface area contributed by atoms with Crippen LogP contribution in [0.15, 0.2) is 0 Å². The lowest BCUT2D eigenvalue weighted by molar-refractivity contribution is 0.231. The van der Waals surface area contributed by atoms with Crippen molar-refractivity contribution in [2.24, 2.45) is 0 Å². The van der Waals surface area contributed by atoms with Gasteiger partial charge in [0.15, 0.2) is 16.6 Å². The predicted molar refractivity (Wildman–Crippen MR) is 67.8 cm³/mol. The molecular weight excluding hydrogens is 208 g/mol. The minimum Gasteiger partial charge on any atom is -0.420 e. The fourth-order valence-electron chi connectivity index (χ4n) is 1.40. The molecule has 0 N–H and O–H groups in total. The Morgan fingerprint density at radius 2 is 1.36 bits per heavy atom. The SMILES string of the molecule is CO[Si](C)(C)CC[Si](C)(C)OC(C)C. The van der Waals surface area contributed by atoms with Crippen LogP contribution in [0.5, 0.6) is 0 Å². The quantitative estimate of drug-likeness (QED) is 0.655. The molecule has 0 amide bonds. The average Bonchev–Trinajstić information content (AvgIpc) is 1.99. The molecule has 0 aliphatic carbocycles. The second-order valence-electron chi connectivity index (χ2n) is 5.39. The maximum absolute atomic E-state index is 5.98. The van der Waals surface area contributed by atoms with Crippen molar-refractivity contribution in [3.05, 3.63) is 0 Å². The normalized spacial score (nSPS) is 13.7. The Balaban J connectivity index is 3.98. The topological polar surface area (TPSA) is 18.5 Å². The van der Waals surface area contributed by atoms with Gasteiger partial charge in [-0.15, -0.1) is 0 Å². The van der Waals surface area contributed by atoms with Gasteiger partial charge in [-0.2, -0.15) is 0 Å². The molecule has 0 atom stereocenters. The molecule has 0 saturated heterocycles. The molecule has 4 heteroatoms. The Bertz CT molecular complexity index is 168. The minimum absolute atomic E-state index is 0.365. The van der Waals surface area contributed by atoms with Crippen molar-refractivity contribution in [1.29, 1.82) is 0 Å². The number of hydrogen-bond donors (Lipinski definition) is 0. The Labute approximate surface area is 91.3 Å². The maximum atomic E-state index is 5.98. The largest absolute Gasteiger partial charge is 0.420 e.